The van der Waals surface area contributed by atoms with Crippen molar-refractivity contribution in [2.24, 2.45) is 0 Å². The lowest BCUT2D eigenvalue weighted by Crippen LogP contribution is -2.05. The SMILES string of the molecule is COCOc1c(C)c2c3ccccc3n(COC)c2c2c1c1ccccc1n2COC. The monoisotopic (exact) mass is 418 g/mol. The van der Waals surface area contributed by atoms with E-state index in [0.717, 1.165) is 49.5 Å². The van der Waals surface area contributed by atoms with Crippen molar-refractivity contribution in [3.05, 3.63) is 54.1 Å². The lowest BCUT2D eigenvalue weighted by Gasteiger charge is -2.15. The van der Waals surface area contributed by atoms with Gasteiger partial charge in [-0.25, -0.2) is 0 Å². The van der Waals surface area contributed by atoms with E-state index >= 15 is 0 Å². The smallest absolute Gasteiger partial charge is 0.188 e. The van der Waals surface area contributed by atoms with Crippen LogP contribution in [0.15, 0.2) is 48.5 Å². The van der Waals surface area contributed by atoms with Crippen LogP contribution < -0.4 is 4.74 Å². The molecular weight excluding hydrogens is 392 g/mol. The molecule has 0 fully saturated rings. The van der Waals surface area contributed by atoms with Gasteiger partial charge in [0.25, 0.3) is 0 Å². The van der Waals surface area contributed by atoms with E-state index in [-0.39, 0.29) is 6.79 Å². The summed E-state index contributed by atoms with van der Waals surface area (Å²) in [5.41, 5.74) is 5.51. The van der Waals surface area contributed by atoms with Crippen molar-refractivity contribution in [1.82, 2.24) is 9.13 Å². The summed E-state index contributed by atoms with van der Waals surface area (Å²) in [6.07, 6.45) is 0. The molecule has 3 aromatic carbocycles. The maximum Gasteiger partial charge on any atom is 0.188 e. The Hall–Kier alpha value is -3.06. The Labute approximate surface area is 180 Å². The Morgan fingerprint density at radius 1 is 0.677 bits per heavy atom. The highest BCUT2D eigenvalue weighted by atomic mass is 16.7. The molecule has 0 atom stereocenters. The van der Waals surface area contributed by atoms with Gasteiger partial charge in [0.15, 0.2) is 6.79 Å². The zero-order valence-corrected chi connectivity index (χ0v) is 18.3. The van der Waals surface area contributed by atoms with E-state index in [1.165, 1.54) is 5.39 Å². The first-order valence-electron chi connectivity index (χ1n) is 10.3. The number of hydrogen-bond acceptors (Lipinski definition) is 4. The summed E-state index contributed by atoms with van der Waals surface area (Å²) in [6, 6.07) is 16.8. The Kier molecular flexibility index (Phi) is 5.06. The zero-order chi connectivity index (χ0) is 21.5. The molecule has 2 heterocycles. The van der Waals surface area contributed by atoms with E-state index in [2.05, 4.69) is 64.6 Å². The number of rotatable bonds is 7. The van der Waals surface area contributed by atoms with Gasteiger partial charge in [-0.05, 0) is 19.1 Å². The van der Waals surface area contributed by atoms with Gasteiger partial charge < -0.3 is 28.1 Å². The number of ether oxygens (including phenoxy) is 4. The van der Waals surface area contributed by atoms with Crippen molar-refractivity contribution in [3.8, 4) is 5.75 Å². The summed E-state index contributed by atoms with van der Waals surface area (Å²) >= 11 is 0. The normalized spacial score (nSPS) is 12.0. The van der Waals surface area contributed by atoms with E-state index in [4.69, 9.17) is 18.9 Å². The average Bonchev–Trinajstić information content (AvgIpc) is 3.28. The minimum Gasteiger partial charge on any atom is -0.467 e. The van der Waals surface area contributed by atoms with E-state index in [0.29, 0.717) is 13.5 Å². The van der Waals surface area contributed by atoms with Gasteiger partial charge in [-0.2, -0.15) is 0 Å². The molecule has 0 saturated heterocycles. The van der Waals surface area contributed by atoms with E-state index in [9.17, 15) is 0 Å². The molecule has 6 heteroatoms. The van der Waals surface area contributed by atoms with Gasteiger partial charge in [0.1, 0.15) is 19.2 Å². The number of hydrogen-bond donors (Lipinski definition) is 0. The molecule has 0 aliphatic heterocycles. The summed E-state index contributed by atoms with van der Waals surface area (Å²) in [4.78, 5) is 0. The fourth-order valence-electron chi connectivity index (χ4n) is 4.83. The summed E-state index contributed by atoms with van der Waals surface area (Å²) < 4.78 is 27.2. The molecule has 0 bridgehead atoms. The molecule has 0 aliphatic carbocycles. The molecule has 0 radical (unpaired) electrons. The van der Waals surface area contributed by atoms with Gasteiger partial charge in [-0.1, -0.05) is 36.4 Å². The average molecular weight is 418 g/mol. The molecule has 6 nitrogen and oxygen atoms in total. The van der Waals surface area contributed by atoms with Crippen molar-refractivity contribution in [1.29, 1.82) is 0 Å². The summed E-state index contributed by atoms with van der Waals surface area (Å²) in [5.74, 6) is 0.843. The summed E-state index contributed by atoms with van der Waals surface area (Å²) in [5, 5.41) is 4.52. The lowest BCUT2D eigenvalue weighted by molar-refractivity contribution is 0.0519. The van der Waals surface area contributed by atoms with Crippen LogP contribution in [0, 0.1) is 6.92 Å². The standard InChI is InChI=1S/C25H26N2O4/c1-16-21-17-9-5-7-11-19(17)26(13-28-2)23(21)24-22(25(16)31-15-30-4)18-10-6-8-12-20(18)27(24)14-29-3/h5-12H,13-15H2,1-4H3. The van der Waals surface area contributed by atoms with Crippen LogP contribution in [0.1, 0.15) is 5.56 Å². The molecule has 0 saturated carbocycles. The van der Waals surface area contributed by atoms with Crippen LogP contribution in [0.2, 0.25) is 0 Å². The van der Waals surface area contributed by atoms with Crippen LogP contribution in [-0.2, 0) is 27.7 Å². The molecule has 5 aromatic rings. The molecule has 0 unspecified atom stereocenters. The first kappa shape index (κ1) is 19.9. The van der Waals surface area contributed by atoms with Crippen molar-refractivity contribution in [2.45, 2.75) is 20.4 Å². The van der Waals surface area contributed by atoms with E-state index in [1.807, 2.05) is 0 Å². The molecular formula is C25H26N2O4. The number of aromatic nitrogens is 2. The van der Waals surface area contributed by atoms with Crippen LogP contribution in [0.5, 0.6) is 5.75 Å². The van der Waals surface area contributed by atoms with E-state index < -0.39 is 0 Å². The van der Waals surface area contributed by atoms with E-state index in [1.54, 1.807) is 21.3 Å². The fourth-order valence-corrected chi connectivity index (χ4v) is 4.83. The fraction of sp³-hybridized carbons (Fsp3) is 0.280. The predicted molar refractivity (Wildman–Crippen MR) is 124 cm³/mol. The van der Waals surface area contributed by atoms with Gasteiger partial charge >= 0.3 is 0 Å². The van der Waals surface area contributed by atoms with Gasteiger partial charge in [0.2, 0.25) is 0 Å². The van der Waals surface area contributed by atoms with Crippen molar-refractivity contribution >= 4 is 43.6 Å². The number of methoxy groups -OCH3 is 3. The van der Waals surface area contributed by atoms with Crippen LogP contribution >= 0.6 is 0 Å². The third kappa shape index (κ3) is 2.83. The third-order valence-corrected chi connectivity index (χ3v) is 5.95. The second-order valence-electron chi connectivity index (χ2n) is 7.68. The highest BCUT2D eigenvalue weighted by molar-refractivity contribution is 6.26. The van der Waals surface area contributed by atoms with Gasteiger partial charge in [0, 0.05) is 43.1 Å². The number of benzene rings is 3. The molecule has 31 heavy (non-hydrogen) atoms. The number of aryl methyl sites for hydroxylation is 1. The van der Waals surface area contributed by atoms with Gasteiger partial charge in [0.05, 0.1) is 27.5 Å². The molecule has 160 valence electrons. The zero-order valence-electron chi connectivity index (χ0n) is 18.3. The Morgan fingerprint density at radius 3 is 1.74 bits per heavy atom. The van der Waals surface area contributed by atoms with Crippen LogP contribution in [0.3, 0.4) is 0 Å². The second kappa shape index (κ2) is 7.89. The van der Waals surface area contributed by atoms with Crippen molar-refractivity contribution in [3.63, 3.8) is 0 Å². The van der Waals surface area contributed by atoms with Crippen molar-refractivity contribution < 1.29 is 18.9 Å². The number of nitrogens with zero attached hydrogens (tertiary/aromatic N) is 2. The summed E-state index contributed by atoms with van der Waals surface area (Å²) in [6.45, 7) is 3.19. The maximum atomic E-state index is 6.21. The summed E-state index contributed by atoms with van der Waals surface area (Å²) in [7, 11) is 5.09. The Balaban J connectivity index is 2.11. The second-order valence-corrected chi connectivity index (χ2v) is 7.68. The van der Waals surface area contributed by atoms with Gasteiger partial charge in [-0.15, -0.1) is 0 Å². The molecule has 0 aliphatic rings. The quantitative estimate of drug-likeness (QED) is 0.332. The Morgan fingerprint density at radius 2 is 1.19 bits per heavy atom. The lowest BCUT2D eigenvalue weighted by atomic mass is 10.0. The topological polar surface area (TPSA) is 46.8 Å². The first-order chi connectivity index (χ1) is 15.2. The molecule has 5 rings (SSSR count). The highest BCUT2D eigenvalue weighted by Crippen LogP contribution is 2.46. The Bertz CT molecular complexity index is 1410. The van der Waals surface area contributed by atoms with Crippen LogP contribution in [0.25, 0.3) is 43.6 Å². The molecule has 0 amide bonds. The van der Waals surface area contributed by atoms with Gasteiger partial charge in [-0.3, -0.25) is 0 Å². The third-order valence-electron chi connectivity index (χ3n) is 5.95. The molecule has 0 N–H and O–H groups in total. The highest BCUT2D eigenvalue weighted by Gasteiger charge is 2.25. The maximum absolute atomic E-state index is 6.21. The number of fused-ring (bicyclic) bond motifs is 7. The number of para-hydroxylation sites is 2. The van der Waals surface area contributed by atoms with Crippen molar-refractivity contribution in [2.75, 3.05) is 28.1 Å². The molecule has 0 spiro atoms. The molecule has 2 aromatic heterocycles. The predicted octanol–water partition coefficient (Wildman–Crippen LogP) is 5.40. The first-order valence-corrected chi connectivity index (χ1v) is 10.3. The minimum atomic E-state index is 0.182. The van der Waals surface area contributed by atoms with Crippen LogP contribution in [0.4, 0.5) is 0 Å². The van der Waals surface area contributed by atoms with Crippen LogP contribution in [-0.4, -0.2) is 37.3 Å². The largest absolute Gasteiger partial charge is 0.467 e. The minimum absolute atomic E-state index is 0.182.